The molecule has 4 aromatic rings. The van der Waals surface area contributed by atoms with E-state index < -0.39 is 0 Å². The molecule has 0 saturated heterocycles. The van der Waals surface area contributed by atoms with Crippen LogP contribution in [0.2, 0.25) is 0 Å². The van der Waals surface area contributed by atoms with E-state index in [1.807, 2.05) is 35.1 Å². The number of nitrogens with zero attached hydrogens (tertiary/aromatic N) is 2. The van der Waals surface area contributed by atoms with Gasteiger partial charge in [0.05, 0.1) is 33.4 Å². The van der Waals surface area contributed by atoms with Crippen LogP contribution < -0.4 is 19.5 Å². The summed E-state index contributed by atoms with van der Waals surface area (Å²) < 4.78 is 18.0. The van der Waals surface area contributed by atoms with Crippen LogP contribution in [0.1, 0.15) is 21.5 Å². The highest BCUT2D eigenvalue weighted by Gasteiger charge is 2.20. The summed E-state index contributed by atoms with van der Waals surface area (Å²) in [4.78, 5) is 13.0. The van der Waals surface area contributed by atoms with Crippen LogP contribution in [-0.4, -0.2) is 37.0 Å². The summed E-state index contributed by atoms with van der Waals surface area (Å²) in [5.41, 5.74) is 4.69. The Morgan fingerprint density at radius 2 is 1.65 bits per heavy atom. The first kappa shape index (κ1) is 22.9. The molecule has 0 aliphatic carbocycles. The molecule has 0 aliphatic rings. The first-order valence-electron chi connectivity index (χ1n) is 10.9. The van der Waals surface area contributed by atoms with Crippen molar-refractivity contribution >= 4 is 5.91 Å². The Kier molecular flexibility index (Phi) is 7.13. The summed E-state index contributed by atoms with van der Waals surface area (Å²) in [6.07, 6.45) is 3.72. The highest BCUT2D eigenvalue weighted by atomic mass is 16.5. The van der Waals surface area contributed by atoms with Gasteiger partial charge < -0.3 is 19.5 Å². The number of nitrogens with one attached hydrogen (secondary N) is 1. The summed E-state index contributed by atoms with van der Waals surface area (Å²) >= 11 is 0. The molecule has 0 unspecified atom stereocenters. The van der Waals surface area contributed by atoms with Gasteiger partial charge in [-0.25, -0.2) is 0 Å². The number of rotatable bonds is 9. The predicted octanol–water partition coefficient (Wildman–Crippen LogP) is 4.55. The van der Waals surface area contributed by atoms with Crippen molar-refractivity contribution < 1.29 is 19.0 Å². The summed E-state index contributed by atoms with van der Waals surface area (Å²) in [5, 5.41) is 7.26. The second-order valence-corrected chi connectivity index (χ2v) is 7.62. The second kappa shape index (κ2) is 10.6. The third kappa shape index (κ3) is 4.88. The highest BCUT2D eigenvalue weighted by molar-refractivity contribution is 5.98. The molecule has 0 fully saturated rings. The first-order valence-corrected chi connectivity index (χ1v) is 10.9. The molecule has 1 heterocycles. The van der Waals surface area contributed by atoms with Gasteiger partial charge in [0.2, 0.25) is 5.75 Å². The number of benzene rings is 3. The number of methoxy groups -OCH3 is 3. The van der Waals surface area contributed by atoms with Crippen LogP contribution in [0.5, 0.6) is 17.2 Å². The van der Waals surface area contributed by atoms with Crippen molar-refractivity contribution in [1.82, 2.24) is 15.1 Å². The Bertz CT molecular complexity index is 1250. The smallest absolute Gasteiger partial charge is 0.255 e. The van der Waals surface area contributed by atoms with Crippen LogP contribution in [0.3, 0.4) is 0 Å². The predicted molar refractivity (Wildman–Crippen MR) is 130 cm³/mol. The zero-order valence-corrected chi connectivity index (χ0v) is 19.4. The van der Waals surface area contributed by atoms with Crippen molar-refractivity contribution in [2.75, 3.05) is 21.3 Å². The monoisotopic (exact) mass is 457 g/mol. The Morgan fingerprint density at radius 3 is 2.32 bits per heavy atom. The van der Waals surface area contributed by atoms with Crippen LogP contribution in [0.15, 0.2) is 79.1 Å². The lowest BCUT2D eigenvalue weighted by molar-refractivity contribution is 0.0947. The number of amides is 1. The van der Waals surface area contributed by atoms with Gasteiger partial charge >= 0.3 is 0 Å². The van der Waals surface area contributed by atoms with Gasteiger partial charge in [-0.05, 0) is 40.5 Å². The quantitative estimate of drug-likeness (QED) is 0.399. The molecule has 0 aliphatic heterocycles. The van der Waals surface area contributed by atoms with Crippen LogP contribution in [0, 0.1) is 0 Å². The molecule has 0 atom stereocenters. The van der Waals surface area contributed by atoms with Crippen molar-refractivity contribution in [1.29, 1.82) is 0 Å². The lowest BCUT2D eigenvalue weighted by Crippen LogP contribution is -2.24. The lowest BCUT2D eigenvalue weighted by atomic mass is 9.98. The van der Waals surface area contributed by atoms with Crippen LogP contribution >= 0.6 is 0 Å². The van der Waals surface area contributed by atoms with Gasteiger partial charge in [-0.3, -0.25) is 9.48 Å². The SMILES string of the molecule is COc1ccc(C(=O)NCc2ccccc2-c2ccc(Cn3cccn3)cc2)c(OC)c1OC. The molecule has 4 rings (SSSR count). The molecule has 7 heteroatoms. The molecule has 0 spiro atoms. The Morgan fingerprint density at radius 1 is 0.882 bits per heavy atom. The van der Waals surface area contributed by atoms with E-state index >= 15 is 0 Å². The topological polar surface area (TPSA) is 74.6 Å². The van der Waals surface area contributed by atoms with Crippen LogP contribution in [0.4, 0.5) is 0 Å². The molecule has 0 radical (unpaired) electrons. The third-order valence-corrected chi connectivity index (χ3v) is 5.57. The zero-order valence-electron chi connectivity index (χ0n) is 19.4. The number of aromatic nitrogens is 2. The molecular formula is C27H27N3O4. The minimum absolute atomic E-state index is 0.262. The second-order valence-electron chi connectivity index (χ2n) is 7.62. The number of carbonyl (C=O) groups is 1. The van der Waals surface area contributed by atoms with E-state index in [0.717, 1.165) is 23.2 Å². The van der Waals surface area contributed by atoms with E-state index in [-0.39, 0.29) is 5.91 Å². The fourth-order valence-corrected chi connectivity index (χ4v) is 3.88. The summed E-state index contributed by atoms with van der Waals surface area (Å²) in [6.45, 7) is 1.08. The van der Waals surface area contributed by atoms with Crippen molar-refractivity contribution in [2.24, 2.45) is 0 Å². The Balaban J connectivity index is 1.51. The lowest BCUT2D eigenvalue weighted by Gasteiger charge is -2.16. The maximum absolute atomic E-state index is 13.0. The molecule has 34 heavy (non-hydrogen) atoms. The highest BCUT2D eigenvalue weighted by Crippen LogP contribution is 2.39. The van der Waals surface area contributed by atoms with Gasteiger partial charge in [0, 0.05) is 18.9 Å². The average Bonchev–Trinajstić information content (AvgIpc) is 3.40. The molecule has 0 saturated carbocycles. The van der Waals surface area contributed by atoms with Gasteiger partial charge in [0.1, 0.15) is 0 Å². The summed E-state index contributed by atoms with van der Waals surface area (Å²) in [6, 6.07) is 21.7. The fraction of sp³-hybridized carbons (Fsp3) is 0.185. The number of hydrogen-bond acceptors (Lipinski definition) is 5. The minimum atomic E-state index is -0.262. The van der Waals surface area contributed by atoms with Gasteiger partial charge in [-0.1, -0.05) is 48.5 Å². The molecule has 7 nitrogen and oxygen atoms in total. The van der Waals surface area contributed by atoms with E-state index in [9.17, 15) is 4.79 Å². The minimum Gasteiger partial charge on any atom is -0.493 e. The fourth-order valence-electron chi connectivity index (χ4n) is 3.88. The van der Waals surface area contributed by atoms with Gasteiger partial charge in [-0.15, -0.1) is 0 Å². The van der Waals surface area contributed by atoms with Gasteiger partial charge in [-0.2, -0.15) is 5.10 Å². The number of carbonyl (C=O) groups excluding carboxylic acids is 1. The molecule has 174 valence electrons. The van der Waals surface area contributed by atoms with Crippen molar-refractivity contribution in [3.63, 3.8) is 0 Å². The first-order chi connectivity index (χ1) is 16.6. The maximum Gasteiger partial charge on any atom is 0.255 e. The number of ether oxygens (including phenoxy) is 3. The number of hydrogen-bond donors (Lipinski definition) is 1. The Labute approximate surface area is 198 Å². The third-order valence-electron chi connectivity index (χ3n) is 5.57. The van der Waals surface area contributed by atoms with E-state index in [1.165, 1.54) is 26.9 Å². The Hall–Kier alpha value is -4.26. The van der Waals surface area contributed by atoms with Crippen LogP contribution in [0.25, 0.3) is 11.1 Å². The summed E-state index contributed by atoms with van der Waals surface area (Å²) in [5.74, 6) is 0.952. The van der Waals surface area contributed by atoms with Gasteiger partial charge in [0.15, 0.2) is 11.5 Å². The molecule has 0 bridgehead atoms. The van der Waals surface area contributed by atoms with Crippen molar-refractivity contribution in [3.8, 4) is 28.4 Å². The summed E-state index contributed by atoms with van der Waals surface area (Å²) in [7, 11) is 4.55. The zero-order chi connectivity index (χ0) is 23.9. The van der Waals surface area contributed by atoms with E-state index in [2.05, 4.69) is 40.7 Å². The molecule has 1 amide bonds. The standard InChI is InChI=1S/C27H27N3O4/c1-32-24-14-13-23(25(33-2)26(24)34-3)27(31)28-17-21-7-4-5-8-22(21)20-11-9-19(10-12-20)18-30-16-6-15-29-30/h4-16H,17-18H2,1-3H3,(H,28,31). The maximum atomic E-state index is 13.0. The van der Waals surface area contributed by atoms with Gasteiger partial charge in [0.25, 0.3) is 5.91 Å². The molecule has 3 aromatic carbocycles. The van der Waals surface area contributed by atoms with Crippen molar-refractivity contribution in [3.05, 3.63) is 95.8 Å². The molecule has 1 N–H and O–H groups in total. The average molecular weight is 458 g/mol. The molecular weight excluding hydrogens is 430 g/mol. The van der Waals surface area contributed by atoms with E-state index in [1.54, 1.807) is 18.3 Å². The molecule has 1 aromatic heterocycles. The largest absolute Gasteiger partial charge is 0.493 e. The van der Waals surface area contributed by atoms with Crippen LogP contribution in [-0.2, 0) is 13.1 Å². The normalized spacial score (nSPS) is 10.6. The van der Waals surface area contributed by atoms with E-state index in [4.69, 9.17) is 14.2 Å². The van der Waals surface area contributed by atoms with Crippen molar-refractivity contribution in [2.45, 2.75) is 13.1 Å². The van der Waals surface area contributed by atoms with E-state index in [0.29, 0.717) is 29.4 Å².